The Morgan fingerprint density at radius 3 is 1.45 bits per heavy atom. The van der Waals surface area contributed by atoms with E-state index in [0.29, 0.717) is 13.0 Å². The number of esters is 2. The first-order valence-corrected chi connectivity index (χ1v) is 19.3. The first-order valence-electron chi connectivity index (χ1n) is 19.3. The van der Waals surface area contributed by atoms with Crippen LogP contribution in [-0.4, -0.2) is 62.1 Å². The van der Waals surface area contributed by atoms with E-state index in [2.05, 4.69) is 27.7 Å². The summed E-state index contributed by atoms with van der Waals surface area (Å²) in [7, 11) is 3.81. The van der Waals surface area contributed by atoms with Crippen molar-refractivity contribution < 1.29 is 33.3 Å². The summed E-state index contributed by atoms with van der Waals surface area (Å²) < 4.78 is 23.3. The molecule has 8 nitrogen and oxygen atoms in total. The summed E-state index contributed by atoms with van der Waals surface area (Å²) in [6.45, 7) is 13.3. The van der Waals surface area contributed by atoms with E-state index in [1.807, 2.05) is 25.9 Å². The number of unbranched alkanes of at least 4 members (excludes halogenated alkanes) is 17. The van der Waals surface area contributed by atoms with E-state index in [0.717, 1.165) is 83.5 Å². The molecule has 47 heavy (non-hydrogen) atoms. The lowest BCUT2D eigenvalue weighted by Crippen LogP contribution is -2.49. The van der Waals surface area contributed by atoms with E-state index in [1.165, 1.54) is 44.9 Å². The standard InChI is InChI=1S/C39H74NO7/c1-8-12-15-18-19-20-21-22-25-28-31-39(11-4,47-38(43)44-33-32-40(6)7)34(5)37(45-35(41)29-26-23-16-13-9-2)46-36(42)30-27-24-17-14-10-3/h34,37H,4,8-33H2,1-3,5-7H3. The Balaban J connectivity index is 5.69. The van der Waals surface area contributed by atoms with Gasteiger partial charge in [0, 0.05) is 19.4 Å². The highest BCUT2D eigenvalue weighted by Crippen LogP contribution is 2.37. The fraction of sp³-hybridized carbons (Fsp3) is 0.897. The first kappa shape index (κ1) is 45.2. The number of nitrogens with zero attached hydrogens (tertiary/aromatic N) is 1. The molecule has 0 aliphatic rings. The SMILES string of the molecule is [CH2]CC(CCCCCCCCCCCC)(OC(=O)OCCN(C)C)C(C)C(OC(=O)CCCCCCC)OC(=O)CCCCCCC. The lowest BCUT2D eigenvalue weighted by atomic mass is 9.80. The summed E-state index contributed by atoms with van der Waals surface area (Å²) in [5.41, 5.74) is -1.12. The number of rotatable bonds is 32. The van der Waals surface area contributed by atoms with Gasteiger partial charge in [0.2, 0.25) is 0 Å². The molecule has 0 aliphatic heterocycles. The Labute approximate surface area is 289 Å². The maximum atomic E-state index is 13.0. The van der Waals surface area contributed by atoms with Crippen molar-refractivity contribution in [2.75, 3.05) is 27.2 Å². The lowest BCUT2D eigenvalue weighted by molar-refractivity contribution is -0.215. The van der Waals surface area contributed by atoms with Crippen molar-refractivity contribution in [3.05, 3.63) is 6.92 Å². The minimum Gasteiger partial charge on any atom is -0.433 e. The van der Waals surface area contributed by atoms with Crippen LogP contribution in [0.1, 0.15) is 182 Å². The van der Waals surface area contributed by atoms with Crippen molar-refractivity contribution in [1.29, 1.82) is 0 Å². The third-order valence-corrected chi connectivity index (χ3v) is 9.12. The van der Waals surface area contributed by atoms with Gasteiger partial charge >= 0.3 is 18.1 Å². The molecular formula is C39H74NO7. The molecule has 0 aliphatic carbocycles. The average molecular weight is 669 g/mol. The summed E-state index contributed by atoms with van der Waals surface area (Å²) in [4.78, 5) is 41.0. The summed E-state index contributed by atoms with van der Waals surface area (Å²) >= 11 is 0. The van der Waals surface area contributed by atoms with Crippen LogP contribution in [0.2, 0.25) is 0 Å². The van der Waals surface area contributed by atoms with Crippen LogP contribution in [0.5, 0.6) is 0 Å². The van der Waals surface area contributed by atoms with Crippen LogP contribution in [0, 0.1) is 12.8 Å². The van der Waals surface area contributed by atoms with Crippen molar-refractivity contribution in [3.63, 3.8) is 0 Å². The zero-order valence-electron chi connectivity index (χ0n) is 31.6. The zero-order chi connectivity index (χ0) is 35.2. The summed E-state index contributed by atoms with van der Waals surface area (Å²) in [5.74, 6) is -1.44. The van der Waals surface area contributed by atoms with Gasteiger partial charge in [-0.25, -0.2) is 4.79 Å². The molecule has 0 aromatic rings. The summed E-state index contributed by atoms with van der Waals surface area (Å²) in [6, 6.07) is 0. The number of hydrogen-bond donors (Lipinski definition) is 0. The van der Waals surface area contributed by atoms with Gasteiger partial charge in [-0.15, -0.1) is 0 Å². The minimum absolute atomic E-state index is 0.190. The van der Waals surface area contributed by atoms with Crippen LogP contribution in [0.3, 0.4) is 0 Å². The molecule has 0 rings (SSSR count). The second-order valence-corrected chi connectivity index (χ2v) is 13.7. The van der Waals surface area contributed by atoms with Crippen molar-refractivity contribution in [3.8, 4) is 0 Å². The fourth-order valence-corrected chi connectivity index (χ4v) is 5.79. The maximum Gasteiger partial charge on any atom is 0.508 e. The molecule has 0 spiro atoms. The van der Waals surface area contributed by atoms with E-state index in [9.17, 15) is 14.4 Å². The number of likely N-dealkylation sites (N-methyl/N-ethyl adjacent to an activating group) is 1. The smallest absolute Gasteiger partial charge is 0.433 e. The number of carbonyl (C=O) groups excluding carboxylic acids is 3. The first-order chi connectivity index (χ1) is 22.6. The molecule has 0 amide bonds. The van der Waals surface area contributed by atoms with E-state index in [-0.39, 0.29) is 25.9 Å². The Hall–Kier alpha value is -1.83. The van der Waals surface area contributed by atoms with E-state index < -0.39 is 35.9 Å². The molecule has 0 aromatic heterocycles. The Kier molecular flexibility index (Phi) is 29.1. The predicted molar refractivity (Wildman–Crippen MR) is 192 cm³/mol. The van der Waals surface area contributed by atoms with Gasteiger partial charge in [-0.1, -0.05) is 137 Å². The van der Waals surface area contributed by atoms with Gasteiger partial charge < -0.3 is 23.8 Å². The molecule has 0 aromatic carbocycles. The quantitative estimate of drug-likeness (QED) is 0.0397. The third kappa shape index (κ3) is 24.0. The molecule has 8 heteroatoms. The van der Waals surface area contributed by atoms with Crippen LogP contribution in [0.25, 0.3) is 0 Å². The van der Waals surface area contributed by atoms with Crippen LogP contribution in [0.15, 0.2) is 0 Å². The number of ether oxygens (including phenoxy) is 4. The molecule has 2 unspecified atom stereocenters. The molecule has 0 N–H and O–H groups in total. The fourth-order valence-electron chi connectivity index (χ4n) is 5.79. The monoisotopic (exact) mass is 669 g/mol. The van der Waals surface area contributed by atoms with Gasteiger partial charge in [0.15, 0.2) is 0 Å². The zero-order valence-corrected chi connectivity index (χ0v) is 31.6. The van der Waals surface area contributed by atoms with Gasteiger partial charge in [-0.05, 0) is 53.1 Å². The molecule has 0 saturated heterocycles. The van der Waals surface area contributed by atoms with Crippen LogP contribution in [0.4, 0.5) is 4.79 Å². The van der Waals surface area contributed by atoms with Crippen LogP contribution >= 0.6 is 0 Å². The van der Waals surface area contributed by atoms with Crippen molar-refractivity contribution in [1.82, 2.24) is 4.90 Å². The Bertz CT molecular complexity index is 746. The predicted octanol–water partition coefficient (Wildman–Crippen LogP) is 10.7. The van der Waals surface area contributed by atoms with Crippen molar-refractivity contribution >= 4 is 18.1 Å². The lowest BCUT2D eigenvalue weighted by Gasteiger charge is -2.40. The van der Waals surface area contributed by atoms with E-state index in [4.69, 9.17) is 18.9 Å². The van der Waals surface area contributed by atoms with Gasteiger partial charge in [-0.2, -0.15) is 0 Å². The molecule has 0 fully saturated rings. The average Bonchev–Trinajstić information content (AvgIpc) is 3.04. The molecule has 0 saturated carbocycles. The van der Waals surface area contributed by atoms with Crippen molar-refractivity contribution in [2.24, 2.45) is 5.92 Å². The summed E-state index contributed by atoms with van der Waals surface area (Å²) in [5, 5.41) is 0. The van der Waals surface area contributed by atoms with Crippen LogP contribution < -0.4 is 0 Å². The molecular weight excluding hydrogens is 594 g/mol. The molecule has 277 valence electrons. The van der Waals surface area contributed by atoms with Gasteiger partial charge in [0.05, 0.1) is 5.92 Å². The highest BCUT2D eigenvalue weighted by molar-refractivity contribution is 5.71. The highest BCUT2D eigenvalue weighted by atomic mass is 16.7. The minimum atomic E-state index is -1.18. The number of carbonyl (C=O) groups is 3. The maximum absolute atomic E-state index is 13.0. The Morgan fingerprint density at radius 2 is 1.04 bits per heavy atom. The molecule has 2 atom stereocenters. The van der Waals surface area contributed by atoms with Crippen molar-refractivity contribution in [2.45, 2.75) is 194 Å². The number of hydrogen-bond acceptors (Lipinski definition) is 8. The molecule has 0 heterocycles. The molecule has 1 radical (unpaired) electrons. The Morgan fingerprint density at radius 1 is 0.638 bits per heavy atom. The molecule has 0 bridgehead atoms. The normalized spacial score (nSPS) is 13.4. The summed E-state index contributed by atoms with van der Waals surface area (Å²) in [6.07, 6.45) is 21.1. The second-order valence-electron chi connectivity index (χ2n) is 13.7. The van der Waals surface area contributed by atoms with Crippen LogP contribution in [-0.2, 0) is 28.5 Å². The van der Waals surface area contributed by atoms with Gasteiger partial charge in [0.1, 0.15) is 12.2 Å². The van der Waals surface area contributed by atoms with E-state index in [1.54, 1.807) is 0 Å². The second kappa shape index (κ2) is 30.2. The van der Waals surface area contributed by atoms with E-state index >= 15 is 0 Å². The third-order valence-electron chi connectivity index (χ3n) is 9.12. The van der Waals surface area contributed by atoms with Gasteiger partial charge in [-0.3, -0.25) is 9.59 Å². The van der Waals surface area contributed by atoms with Gasteiger partial charge in [0.25, 0.3) is 6.29 Å². The highest BCUT2D eigenvalue weighted by Gasteiger charge is 2.46. The largest absolute Gasteiger partial charge is 0.508 e. The topological polar surface area (TPSA) is 91.4 Å².